The van der Waals surface area contributed by atoms with E-state index in [1.165, 1.54) is 0 Å². The van der Waals surface area contributed by atoms with Crippen molar-refractivity contribution in [2.75, 3.05) is 25.7 Å². The van der Waals surface area contributed by atoms with Crippen LogP contribution < -0.4 is 19.7 Å². The highest BCUT2D eigenvalue weighted by Gasteiger charge is 2.31. The first-order chi connectivity index (χ1) is 19.8. The van der Waals surface area contributed by atoms with E-state index in [2.05, 4.69) is 11.4 Å². The fourth-order valence-electron chi connectivity index (χ4n) is 4.96. The first-order valence-corrected chi connectivity index (χ1v) is 14.5. The van der Waals surface area contributed by atoms with Crippen molar-refractivity contribution in [3.05, 3.63) is 112 Å². The van der Waals surface area contributed by atoms with E-state index in [1.807, 2.05) is 44.2 Å². The molecule has 1 heterocycles. The molecule has 4 aromatic carbocycles. The summed E-state index contributed by atoms with van der Waals surface area (Å²) in [4.78, 5) is 29.8. The van der Waals surface area contributed by atoms with Gasteiger partial charge in [0, 0.05) is 12.1 Å². The van der Waals surface area contributed by atoms with Crippen LogP contribution in [-0.2, 0) is 23.8 Å². The third-order valence-electron chi connectivity index (χ3n) is 7.25. The van der Waals surface area contributed by atoms with Gasteiger partial charge in [-0.1, -0.05) is 42.0 Å². The Morgan fingerprint density at radius 1 is 0.878 bits per heavy atom. The van der Waals surface area contributed by atoms with Crippen molar-refractivity contribution in [1.82, 2.24) is 5.32 Å². The van der Waals surface area contributed by atoms with Crippen LogP contribution in [0.5, 0.6) is 11.5 Å². The van der Waals surface area contributed by atoms with E-state index in [0.29, 0.717) is 51.1 Å². The van der Waals surface area contributed by atoms with Crippen LogP contribution in [-0.4, -0.2) is 36.8 Å². The van der Waals surface area contributed by atoms with Gasteiger partial charge in [-0.25, -0.2) is 4.21 Å². The molecule has 0 bridgehead atoms. The van der Waals surface area contributed by atoms with Gasteiger partial charge in [-0.05, 0) is 79.4 Å². The molecule has 2 amide bonds. The number of nitrogens with zero attached hydrogens (tertiary/aromatic N) is 1. The molecule has 1 aliphatic heterocycles. The zero-order valence-electron chi connectivity index (χ0n) is 23.5. The number of hydrogen-bond acceptors (Lipinski definition) is 5. The summed E-state index contributed by atoms with van der Waals surface area (Å²) in [5.74, 6) is 0.744. The minimum atomic E-state index is -1.59. The van der Waals surface area contributed by atoms with Crippen LogP contribution in [0.3, 0.4) is 0 Å². The molecule has 1 atom stereocenters. The van der Waals surface area contributed by atoms with E-state index in [9.17, 15) is 13.8 Å². The Morgan fingerprint density at radius 3 is 2.44 bits per heavy atom. The Balaban J connectivity index is 1.44. The summed E-state index contributed by atoms with van der Waals surface area (Å²) in [5.41, 5.74) is 5.36. The average molecular weight is 569 g/mol. The number of rotatable bonds is 8. The molecule has 0 saturated heterocycles. The zero-order chi connectivity index (χ0) is 29.1. The standard InChI is InChI=1S/C33H32N2O5S/c1-21-9-10-22(2)25(17-21)20-35-27-19-24(12-14-31(27)41(38)30-8-6-5-7-26(30)33(35)37)32(36)34-16-15-23-11-13-28(39-3)29(18-23)40-4/h5-14,17-19H,15-16,20H2,1-4H3,(H,34,36). The van der Waals surface area contributed by atoms with Gasteiger partial charge in [0.15, 0.2) is 11.5 Å². The van der Waals surface area contributed by atoms with E-state index in [-0.39, 0.29) is 18.4 Å². The van der Waals surface area contributed by atoms with Gasteiger partial charge in [-0.15, -0.1) is 0 Å². The van der Waals surface area contributed by atoms with Gasteiger partial charge in [-0.2, -0.15) is 0 Å². The molecule has 7 nitrogen and oxygen atoms in total. The summed E-state index contributed by atoms with van der Waals surface area (Å²) in [6.45, 7) is 4.70. The van der Waals surface area contributed by atoms with Gasteiger partial charge in [-0.3, -0.25) is 9.59 Å². The summed E-state index contributed by atoms with van der Waals surface area (Å²) in [7, 11) is 1.58. The van der Waals surface area contributed by atoms with Crippen LogP contribution >= 0.6 is 0 Å². The number of fused-ring (bicyclic) bond motifs is 2. The quantitative estimate of drug-likeness (QED) is 0.298. The summed E-state index contributed by atoms with van der Waals surface area (Å²) in [6, 6.07) is 23.8. The first-order valence-electron chi connectivity index (χ1n) is 13.3. The lowest BCUT2D eigenvalue weighted by molar-refractivity contribution is 0.0950. The molecule has 1 N–H and O–H groups in total. The van der Waals surface area contributed by atoms with Crippen molar-refractivity contribution in [1.29, 1.82) is 0 Å². The molecule has 0 spiro atoms. The lowest BCUT2D eigenvalue weighted by Gasteiger charge is -2.24. The van der Waals surface area contributed by atoms with Crippen LogP contribution in [0.4, 0.5) is 5.69 Å². The van der Waals surface area contributed by atoms with E-state index < -0.39 is 10.8 Å². The summed E-state index contributed by atoms with van der Waals surface area (Å²) >= 11 is 0. The topological polar surface area (TPSA) is 84.9 Å². The minimum absolute atomic E-state index is 0.250. The largest absolute Gasteiger partial charge is 0.493 e. The fourth-order valence-corrected chi connectivity index (χ4v) is 6.31. The van der Waals surface area contributed by atoms with Gasteiger partial charge in [0.1, 0.15) is 0 Å². The summed E-state index contributed by atoms with van der Waals surface area (Å²) < 4.78 is 24.4. The fraction of sp³-hybridized carbons (Fsp3) is 0.212. The number of hydrogen-bond donors (Lipinski definition) is 1. The Hall–Kier alpha value is -4.43. The van der Waals surface area contributed by atoms with Gasteiger partial charge in [0.05, 0.1) is 52.6 Å². The lowest BCUT2D eigenvalue weighted by atomic mass is 10.0. The SMILES string of the molecule is COc1ccc(CCNC(=O)c2ccc3c(c2)N(Cc2cc(C)ccc2C)C(=O)c2ccccc2S3=O)cc1OC. The maximum absolute atomic E-state index is 13.9. The van der Waals surface area contributed by atoms with Gasteiger partial charge < -0.3 is 19.7 Å². The highest BCUT2D eigenvalue weighted by atomic mass is 32.2. The molecule has 0 fully saturated rings. The Labute approximate surface area is 242 Å². The number of nitrogens with one attached hydrogen (secondary N) is 1. The maximum atomic E-state index is 13.9. The number of ether oxygens (including phenoxy) is 2. The number of carbonyl (C=O) groups excluding carboxylic acids is 2. The molecule has 0 saturated carbocycles. The second kappa shape index (κ2) is 12.0. The third-order valence-corrected chi connectivity index (χ3v) is 8.75. The number of carbonyl (C=O) groups is 2. The molecule has 41 heavy (non-hydrogen) atoms. The first kappa shape index (κ1) is 28.1. The second-order valence-electron chi connectivity index (χ2n) is 9.96. The number of methoxy groups -OCH3 is 2. The van der Waals surface area contributed by atoms with Gasteiger partial charge in [0.25, 0.3) is 11.8 Å². The molecule has 5 rings (SSSR count). The van der Waals surface area contributed by atoms with E-state index in [4.69, 9.17) is 9.47 Å². The molecule has 0 aliphatic carbocycles. The van der Waals surface area contributed by atoms with Crippen molar-refractivity contribution < 1.29 is 23.3 Å². The van der Waals surface area contributed by atoms with E-state index >= 15 is 0 Å². The number of benzene rings is 4. The molecule has 0 radical (unpaired) electrons. The van der Waals surface area contributed by atoms with Crippen molar-refractivity contribution >= 4 is 28.3 Å². The van der Waals surface area contributed by atoms with Crippen LogP contribution in [0.25, 0.3) is 0 Å². The van der Waals surface area contributed by atoms with Crippen molar-refractivity contribution in [3.8, 4) is 11.5 Å². The van der Waals surface area contributed by atoms with E-state index in [0.717, 1.165) is 22.3 Å². The predicted molar refractivity (Wildman–Crippen MR) is 160 cm³/mol. The molecule has 210 valence electrons. The van der Waals surface area contributed by atoms with Crippen LogP contribution in [0, 0.1) is 13.8 Å². The number of amides is 2. The lowest BCUT2D eigenvalue weighted by Crippen LogP contribution is -2.31. The summed E-state index contributed by atoms with van der Waals surface area (Å²) in [6.07, 6.45) is 0.591. The molecule has 8 heteroatoms. The monoisotopic (exact) mass is 568 g/mol. The van der Waals surface area contributed by atoms with E-state index in [1.54, 1.807) is 61.6 Å². The van der Waals surface area contributed by atoms with Crippen LogP contribution in [0.2, 0.25) is 0 Å². The predicted octanol–water partition coefficient (Wildman–Crippen LogP) is 5.62. The van der Waals surface area contributed by atoms with Crippen LogP contribution in [0.1, 0.15) is 43.0 Å². The maximum Gasteiger partial charge on any atom is 0.259 e. The molecular weight excluding hydrogens is 536 g/mol. The van der Waals surface area contributed by atoms with Crippen LogP contribution in [0.15, 0.2) is 88.7 Å². The molecule has 1 unspecified atom stereocenters. The highest BCUT2D eigenvalue weighted by molar-refractivity contribution is 7.85. The Bertz CT molecular complexity index is 1670. The Morgan fingerprint density at radius 2 is 1.66 bits per heavy atom. The highest BCUT2D eigenvalue weighted by Crippen LogP contribution is 2.36. The van der Waals surface area contributed by atoms with Gasteiger partial charge >= 0.3 is 0 Å². The zero-order valence-corrected chi connectivity index (χ0v) is 24.3. The number of aryl methyl sites for hydroxylation is 2. The normalized spacial score (nSPS) is 14.1. The molecule has 4 aromatic rings. The minimum Gasteiger partial charge on any atom is -0.493 e. The molecule has 1 aliphatic rings. The average Bonchev–Trinajstić information content (AvgIpc) is 3.07. The Kier molecular flexibility index (Phi) is 8.21. The van der Waals surface area contributed by atoms with Crippen molar-refractivity contribution in [3.63, 3.8) is 0 Å². The molecular formula is C33H32N2O5S. The number of anilines is 1. The smallest absolute Gasteiger partial charge is 0.259 e. The molecule has 0 aromatic heterocycles. The third kappa shape index (κ3) is 5.74. The van der Waals surface area contributed by atoms with Crippen molar-refractivity contribution in [2.24, 2.45) is 0 Å². The summed E-state index contributed by atoms with van der Waals surface area (Å²) in [5, 5.41) is 2.97. The van der Waals surface area contributed by atoms with Gasteiger partial charge in [0.2, 0.25) is 0 Å². The second-order valence-corrected chi connectivity index (χ2v) is 11.4. The van der Waals surface area contributed by atoms with Crippen molar-refractivity contribution in [2.45, 2.75) is 36.6 Å².